The van der Waals surface area contributed by atoms with Crippen molar-refractivity contribution in [1.29, 1.82) is 0 Å². The summed E-state index contributed by atoms with van der Waals surface area (Å²) in [5, 5.41) is 10.8. The van der Waals surface area contributed by atoms with Gasteiger partial charge >= 0.3 is 0 Å². The summed E-state index contributed by atoms with van der Waals surface area (Å²) in [6.45, 7) is 4.37. The fourth-order valence-corrected chi connectivity index (χ4v) is 6.39. The molecule has 48 heavy (non-hydrogen) atoms. The van der Waals surface area contributed by atoms with Crippen LogP contribution in [0.15, 0.2) is 42.7 Å². The van der Waals surface area contributed by atoms with Gasteiger partial charge in [0.25, 0.3) is 0 Å². The molecule has 11 heteroatoms. The Morgan fingerprint density at radius 3 is 2.77 bits per heavy atom. The van der Waals surface area contributed by atoms with Gasteiger partial charge in [0.05, 0.1) is 31.8 Å². The summed E-state index contributed by atoms with van der Waals surface area (Å²) in [6, 6.07) is 11.4. The number of benzene rings is 2. The second kappa shape index (κ2) is 17.2. The Kier molecular flexibility index (Phi) is 12.6. The summed E-state index contributed by atoms with van der Waals surface area (Å²) in [5.74, 6) is 4.44. The minimum Gasteiger partial charge on any atom is -0.493 e. The molecule has 11 nitrogen and oxygen atoms in total. The molecule has 1 aromatic heterocycles. The molecule has 2 aliphatic heterocycles. The molecule has 2 aliphatic rings. The van der Waals surface area contributed by atoms with Crippen LogP contribution in [0.5, 0.6) is 11.5 Å². The van der Waals surface area contributed by atoms with Gasteiger partial charge in [-0.1, -0.05) is 31.2 Å². The Hall–Kier alpha value is -4.24. The molecule has 3 unspecified atom stereocenters. The van der Waals surface area contributed by atoms with E-state index in [1.54, 1.807) is 7.11 Å². The minimum absolute atomic E-state index is 0.0501. The van der Waals surface area contributed by atoms with Crippen molar-refractivity contribution in [2.75, 3.05) is 45.8 Å². The molecule has 3 N–H and O–H groups in total. The Bertz CT molecular complexity index is 1590. The smallest absolute Gasteiger partial charge is 0.237 e. The van der Waals surface area contributed by atoms with Gasteiger partial charge in [-0.25, -0.2) is 9.97 Å². The number of hydrogen-bond donors (Lipinski definition) is 3. The number of nitrogens with one attached hydrogen (secondary N) is 3. The third-order valence-corrected chi connectivity index (χ3v) is 9.16. The largest absolute Gasteiger partial charge is 0.493 e. The molecule has 2 aromatic carbocycles. The lowest BCUT2D eigenvalue weighted by Gasteiger charge is -2.38. The van der Waals surface area contributed by atoms with Gasteiger partial charge in [-0.3, -0.25) is 9.59 Å². The lowest BCUT2D eigenvalue weighted by atomic mass is 9.95. The summed E-state index contributed by atoms with van der Waals surface area (Å²) in [5.41, 5.74) is 2.26. The number of ketones is 1. The van der Waals surface area contributed by atoms with Crippen LogP contribution >= 0.6 is 0 Å². The first-order valence-corrected chi connectivity index (χ1v) is 17.0. The van der Waals surface area contributed by atoms with Gasteiger partial charge in [0.15, 0.2) is 17.3 Å². The predicted octanol–water partition coefficient (Wildman–Crippen LogP) is 4.61. The highest BCUT2D eigenvalue weighted by Gasteiger charge is 2.31. The molecule has 2 fully saturated rings. The quantitative estimate of drug-likeness (QED) is 0.101. The van der Waals surface area contributed by atoms with E-state index in [2.05, 4.69) is 50.7 Å². The average molecular weight is 657 g/mol. The van der Waals surface area contributed by atoms with Gasteiger partial charge in [0.2, 0.25) is 5.91 Å². The number of aromatic nitrogens is 2. The minimum atomic E-state index is -0.341. The number of nitrogens with zero attached hydrogens (tertiary/aromatic N) is 3. The number of Topliss-reactive ketones (excluding diaryl/α,β-unsaturated/α-hetero) is 1. The second-order valence-corrected chi connectivity index (χ2v) is 12.7. The fourth-order valence-electron chi connectivity index (χ4n) is 6.39. The number of amides is 1. The van der Waals surface area contributed by atoms with E-state index in [1.165, 1.54) is 19.2 Å². The first kappa shape index (κ1) is 35.1. The maximum Gasteiger partial charge on any atom is 0.237 e. The van der Waals surface area contributed by atoms with Crippen LogP contribution in [0.25, 0.3) is 10.9 Å². The van der Waals surface area contributed by atoms with Crippen LogP contribution in [-0.2, 0) is 14.3 Å². The number of anilines is 2. The topological polar surface area (TPSA) is 130 Å². The molecule has 1 amide bonds. The zero-order valence-corrected chi connectivity index (χ0v) is 28.3. The van der Waals surface area contributed by atoms with Crippen molar-refractivity contribution in [3.05, 3.63) is 48.3 Å². The summed E-state index contributed by atoms with van der Waals surface area (Å²) >= 11 is 0. The van der Waals surface area contributed by atoms with Crippen LogP contribution in [0.4, 0.5) is 11.5 Å². The molecule has 0 saturated carbocycles. The molecule has 3 aromatic rings. The molecular formula is C37H48N6O5. The zero-order valence-electron chi connectivity index (χ0n) is 28.3. The number of ether oxygens (including phenoxy) is 3. The molecule has 4 atom stereocenters. The van der Waals surface area contributed by atoms with Crippen molar-refractivity contribution in [1.82, 2.24) is 25.5 Å². The van der Waals surface area contributed by atoms with Gasteiger partial charge in [-0.2, -0.15) is 0 Å². The number of epoxide rings is 1. The van der Waals surface area contributed by atoms with Gasteiger partial charge in [-0.15, -0.1) is 6.42 Å². The number of likely N-dealkylation sites (N-methyl/N-ethyl adjacent to an activating group) is 1. The van der Waals surface area contributed by atoms with E-state index in [0.717, 1.165) is 48.9 Å². The molecule has 0 aliphatic carbocycles. The van der Waals surface area contributed by atoms with Crippen molar-refractivity contribution in [3.63, 3.8) is 0 Å². The third-order valence-electron chi connectivity index (χ3n) is 9.16. The number of fused-ring (bicyclic) bond motifs is 1. The van der Waals surface area contributed by atoms with E-state index >= 15 is 0 Å². The zero-order chi connectivity index (χ0) is 33.9. The number of methoxy groups -OCH3 is 1. The monoisotopic (exact) mass is 656 g/mol. The molecule has 0 radical (unpaired) electrons. The Morgan fingerprint density at radius 2 is 2.00 bits per heavy atom. The normalized spacial score (nSPS) is 18.8. The van der Waals surface area contributed by atoms with E-state index in [9.17, 15) is 9.59 Å². The number of carbonyl (C=O) groups excluding carboxylic acids is 2. The Labute approximate surface area is 283 Å². The number of terminal acetylenes is 1. The van der Waals surface area contributed by atoms with E-state index in [1.807, 2.05) is 36.4 Å². The van der Waals surface area contributed by atoms with Crippen LogP contribution in [0, 0.1) is 12.3 Å². The fraction of sp³-hybridized carbons (Fsp3) is 0.514. The number of rotatable bonds is 18. The lowest BCUT2D eigenvalue weighted by molar-refractivity contribution is -0.124. The van der Waals surface area contributed by atoms with Crippen LogP contribution in [0.2, 0.25) is 0 Å². The van der Waals surface area contributed by atoms with Gasteiger partial charge in [0.1, 0.15) is 24.9 Å². The first-order chi connectivity index (χ1) is 23.4. The van der Waals surface area contributed by atoms with Gasteiger partial charge in [-0.05, 0) is 70.5 Å². The highest BCUT2D eigenvalue weighted by Crippen LogP contribution is 2.34. The van der Waals surface area contributed by atoms with Crippen LogP contribution in [-0.4, -0.2) is 91.2 Å². The van der Waals surface area contributed by atoms with E-state index in [4.69, 9.17) is 20.6 Å². The van der Waals surface area contributed by atoms with Crippen molar-refractivity contribution in [3.8, 4) is 23.8 Å². The number of piperidine rings is 1. The number of hydrogen-bond acceptors (Lipinski definition) is 10. The lowest BCUT2D eigenvalue weighted by Crippen LogP contribution is -2.55. The Morgan fingerprint density at radius 1 is 1.15 bits per heavy atom. The highest BCUT2D eigenvalue weighted by molar-refractivity contribution is 5.93. The predicted molar refractivity (Wildman–Crippen MR) is 187 cm³/mol. The van der Waals surface area contributed by atoms with Gasteiger partial charge in [0, 0.05) is 41.2 Å². The van der Waals surface area contributed by atoms with E-state index in [0.29, 0.717) is 54.9 Å². The van der Waals surface area contributed by atoms with Crippen LogP contribution in [0.1, 0.15) is 63.9 Å². The molecule has 2 saturated heterocycles. The highest BCUT2D eigenvalue weighted by atomic mass is 16.6. The molecule has 0 spiro atoms. The van der Waals surface area contributed by atoms with Crippen LogP contribution in [0.3, 0.4) is 0 Å². The summed E-state index contributed by atoms with van der Waals surface area (Å²) in [4.78, 5) is 36.8. The average Bonchev–Trinajstić information content (AvgIpc) is 3.95. The standard InChI is InChI=1S/C37H48N6O5/c1-5-26-12-11-13-27(20-26)42-36-28-21-34(33(46-4)22-30(28)39-24-40-36)47-19-17-38-37(45)29(14-7-6-8-16-32(44)35-23-48-35)41-25(2)31-15-9-10-18-43(31)3/h1,11-13,20-22,24-25,29,31,35,41H,6-10,14-19,23H2,2-4H3,(H,38,45)(H,39,40,42)/t25?,29-,31?,35?/m0/s1. The Balaban J connectivity index is 1.19. The van der Waals surface area contributed by atoms with Crippen molar-refractivity contribution in [2.24, 2.45) is 0 Å². The maximum atomic E-state index is 13.5. The summed E-state index contributed by atoms with van der Waals surface area (Å²) in [7, 11) is 3.75. The maximum absolute atomic E-state index is 13.5. The third kappa shape index (κ3) is 9.66. The molecule has 5 rings (SSSR count). The molecular weight excluding hydrogens is 608 g/mol. The number of likely N-dealkylation sites (tertiary alicyclic amines) is 1. The van der Waals surface area contributed by atoms with Crippen molar-refractivity contribution < 1.29 is 23.8 Å². The molecule has 256 valence electrons. The molecule has 3 heterocycles. The second-order valence-electron chi connectivity index (χ2n) is 12.7. The number of unbranched alkanes of at least 4 members (excludes halogenated alkanes) is 2. The van der Waals surface area contributed by atoms with Crippen molar-refractivity contribution in [2.45, 2.75) is 82.5 Å². The van der Waals surface area contributed by atoms with Crippen LogP contribution < -0.4 is 25.4 Å². The SMILES string of the molecule is C#Cc1cccc(Nc2ncnc3cc(OC)c(OCCNC(=O)[C@H](CCCCCC(=O)C4CO4)NC(C)C4CCCCN4C)cc23)c1. The van der Waals surface area contributed by atoms with Gasteiger partial charge < -0.3 is 35.1 Å². The van der Waals surface area contributed by atoms with Crippen molar-refractivity contribution >= 4 is 34.1 Å². The number of carbonyl (C=O) groups is 2. The first-order valence-electron chi connectivity index (χ1n) is 17.0. The summed E-state index contributed by atoms with van der Waals surface area (Å²) < 4.78 is 16.8. The summed E-state index contributed by atoms with van der Waals surface area (Å²) in [6.07, 6.45) is 14.2. The van der Waals surface area contributed by atoms with E-state index < -0.39 is 0 Å². The van der Waals surface area contributed by atoms with E-state index in [-0.39, 0.29) is 36.5 Å². The molecule has 0 bridgehead atoms.